The fourth-order valence-electron chi connectivity index (χ4n) is 2.01. The molecular formula is C14H13BrClFN2. The highest BCUT2D eigenvalue weighted by atomic mass is 79.9. The lowest BCUT2D eigenvalue weighted by Crippen LogP contribution is -2.29. The zero-order valence-corrected chi connectivity index (χ0v) is 12.6. The molecule has 5 heteroatoms. The predicted molar refractivity (Wildman–Crippen MR) is 79.5 cm³/mol. The number of nitrogens with two attached hydrogens (primary N) is 1. The van der Waals surface area contributed by atoms with Crippen molar-refractivity contribution in [1.29, 1.82) is 0 Å². The summed E-state index contributed by atoms with van der Waals surface area (Å²) in [6, 6.07) is 9.75. The van der Waals surface area contributed by atoms with Crippen molar-refractivity contribution in [2.24, 2.45) is 5.84 Å². The highest BCUT2D eigenvalue weighted by molar-refractivity contribution is 9.10. The summed E-state index contributed by atoms with van der Waals surface area (Å²) in [6.45, 7) is 1.97. The molecule has 1 atom stereocenters. The van der Waals surface area contributed by atoms with Gasteiger partial charge in [-0.1, -0.05) is 33.6 Å². The van der Waals surface area contributed by atoms with Gasteiger partial charge in [0, 0.05) is 9.50 Å². The van der Waals surface area contributed by atoms with Gasteiger partial charge >= 0.3 is 0 Å². The highest BCUT2D eigenvalue weighted by Gasteiger charge is 2.18. The van der Waals surface area contributed by atoms with Crippen LogP contribution in [0.3, 0.4) is 0 Å². The summed E-state index contributed by atoms with van der Waals surface area (Å²) in [5.74, 6) is 5.29. The molecule has 3 N–H and O–H groups in total. The minimum absolute atomic E-state index is 0.340. The largest absolute Gasteiger partial charge is 0.271 e. The fraction of sp³-hybridized carbons (Fsp3) is 0.143. The standard InChI is InChI=1S/C14H13BrClFN2/c1-8-2-3-9(15)6-11(8)14(19-18)12-7-10(17)4-5-13(12)16/h2-7,14,19H,18H2,1H3. The van der Waals surface area contributed by atoms with E-state index in [1.807, 2.05) is 25.1 Å². The average molecular weight is 344 g/mol. The number of hydrogen-bond acceptors (Lipinski definition) is 2. The molecule has 0 radical (unpaired) electrons. The predicted octanol–water partition coefficient (Wildman–Crippen LogP) is 4.10. The van der Waals surface area contributed by atoms with Crippen molar-refractivity contribution in [1.82, 2.24) is 5.43 Å². The molecule has 2 aromatic carbocycles. The van der Waals surface area contributed by atoms with Crippen LogP contribution < -0.4 is 11.3 Å². The van der Waals surface area contributed by atoms with Crippen LogP contribution in [-0.2, 0) is 0 Å². The smallest absolute Gasteiger partial charge is 0.123 e. The van der Waals surface area contributed by atoms with Crippen molar-refractivity contribution in [2.45, 2.75) is 13.0 Å². The Morgan fingerprint density at radius 1 is 1.21 bits per heavy atom. The number of hydrazine groups is 1. The van der Waals surface area contributed by atoms with E-state index >= 15 is 0 Å². The maximum absolute atomic E-state index is 13.4. The van der Waals surface area contributed by atoms with E-state index in [1.54, 1.807) is 0 Å². The third-order valence-electron chi connectivity index (χ3n) is 2.99. The van der Waals surface area contributed by atoms with Crippen LogP contribution in [0, 0.1) is 12.7 Å². The summed E-state index contributed by atoms with van der Waals surface area (Å²) >= 11 is 9.56. The summed E-state index contributed by atoms with van der Waals surface area (Å²) in [7, 11) is 0. The number of rotatable bonds is 3. The lowest BCUT2D eigenvalue weighted by molar-refractivity contribution is 0.604. The molecule has 2 nitrogen and oxygen atoms in total. The van der Waals surface area contributed by atoms with Gasteiger partial charge in [0.05, 0.1) is 6.04 Å². The topological polar surface area (TPSA) is 38.0 Å². The Kier molecular flexibility index (Phi) is 4.58. The first kappa shape index (κ1) is 14.5. The maximum atomic E-state index is 13.4. The van der Waals surface area contributed by atoms with E-state index in [-0.39, 0.29) is 11.9 Å². The summed E-state index contributed by atoms with van der Waals surface area (Å²) in [4.78, 5) is 0. The molecule has 0 heterocycles. The average Bonchev–Trinajstić information content (AvgIpc) is 2.38. The van der Waals surface area contributed by atoms with Crippen LogP contribution in [0.1, 0.15) is 22.7 Å². The summed E-state index contributed by atoms with van der Waals surface area (Å²) < 4.78 is 14.3. The number of aryl methyl sites for hydroxylation is 1. The van der Waals surface area contributed by atoms with Crippen molar-refractivity contribution in [2.75, 3.05) is 0 Å². The second-order valence-corrected chi connectivity index (χ2v) is 5.59. The third kappa shape index (κ3) is 3.15. The van der Waals surface area contributed by atoms with Gasteiger partial charge in [-0.3, -0.25) is 5.84 Å². The molecule has 100 valence electrons. The Balaban J connectivity index is 2.55. The van der Waals surface area contributed by atoms with Crippen LogP contribution in [0.15, 0.2) is 40.9 Å². The quantitative estimate of drug-likeness (QED) is 0.650. The molecule has 0 aliphatic carbocycles. The van der Waals surface area contributed by atoms with Gasteiger partial charge in [-0.2, -0.15) is 0 Å². The summed E-state index contributed by atoms with van der Waals surface area (Å²) in [5.41, 5.74) is 5.31. The number of hydrogen-bond donors (Lipinski definition) is 2. The molecule has 0 aliphatic heterocycles. The number of halogens is 3. The molecule has 0 bridgehead atoms. The Bertz CT molecular complexity index is 552. The molecule has 0 amide bonds. The van der Waals surface area contributed by atoms with Gasteiger partial charge in [-0.25, -0.2) is 9.82 Å². The van der Waals surface area contributed by atoms with Crippen molar-refractivity contribution in [3.05, 3.63) is 68.4 Å². The minimum atomic E-state index is -0.360. The van der Waals surface area contributed by atoms with Gasteiger partial charge in [0.25, 0.3) is 0 Å². The monoisotopic (exact) mass is 342 g/mol. The van der Waals surface area contributed by atoms with Gasteiger partial charge in [0.2, 0.25) is 0 Å². The molecule has 0 saturated heterocycles. The molecule has 0 fully saturated rings. The van der Waals surface area contributed by atoms with E-state index in [1.165, 1.54) is 18.2 Å². The maximum Gasteiger partial charge on any atom is 0.123 e. The first-order valence-corrected chi connectivity index (χ1v) is 6.87. The summed E-state index contributed by atoms with van der Waals surface area (Å²) in [5, 5.41) is 0.476. The van der Waals surface area contributed by atoms with Crippen LogP contribution in [0.5, 0.6) is 0 Å². The van der Waals surface area contributed by atoms with Crippen molar-refractivity contribution in [3.8, 4) is 0 Å². The molecule has 0 saturated carbocycles. The van der Waals surface area contributed by atoms with Crippen LogP contribution in [-0.4, -0.2) is 0 Å². The minimum Gasteiger partial charge on any atom is -0.271 e. The molecule has 0 spiro atoms. The van der Waals surface area contributed by atoms with Gasteiger partial charge in [0.1, 0.15) is 5.82 Å². The fourth-order valence-corrected chi connectivity index (χ4v) is 2.61. The Morgan fingerprint density at radius 3 is 2.63 bits per heavy atom. The highest BCUT2D eigenvalue weighted by Crippen LogP contribution is 2.31. The van der Waals surface area contributed by atoms with Crippen molar-refractivity contribution in [3.63, 3.8) is 0 Å². The lowest BCUT2D eigenvalue weighted by Gasteiger charge is -2.20. The Labute approximate surface area is 124 Å². The van der Waals surface area contributed by atoms with Crippen LogP contribution in [0.25, 0.3) is 0 Å². The second kappa shape index (κ2) is 6.01. The normalized spacial score (nSPS) is 12.5. The van der Waals surface area contributed by atoms with Crippen LogP contribution in [0.4, 0.5) is 4.39 Å². The third-order valence-corrected chi connectivity index (χ3v) is 3.83. The van der Waals surface area contributed by atoms with E-state index in [0.717, 1.165) is 15.6 Å². The van der Waals surface area contributed by atoms with E-state index in [4.69, 9.17) is 17.4 Å². The first-order chi connectivity index (χ1) is 9.02. The van der Waals surface area contributed by atoms with E-state index < -0.39 is 0 Å². The molecular weight excluding hydrogens is 331 g/mol. The molecule has 2 rings (SSSR count). The van der Waals surface area contributed by atoms with E-state index in [9.17, 15) is 4.39 Å². The SMILES string of the molecule is Cc1ccc(Br)cc1C(NN)c1cc(F)ccc1Cl. The van der Waals surface area contributed by atoms with Gasteiger partial charge < -0.3 is 0 Å². The van der Waals surface area contributed by atoms with Crippen molar-refractivity contribution >= 4 is 27.5 Å². The second-order valence-electron chi connectivity index (χ2n) is 4.27. The number of benzene rings is 2. The number of nitrogens with one attached hydrogen (secondary N) is 1. The van der Waals surface area contributed by atoms with E-state index in [2.05, 4.69) is 21.4 Å². The van der Waals surface area contributed by atoms with Gasteiger partial charge in [-0.15, -0.1) is 0 Å². The molecule has 0 aromatic heterocycles. The molecule has 19 heavy (non-hydrogen) atoms. The first-order valence-electron chi connectivity index (χ1n) is 5.70. The molecule has 2 aromatic rings. The lowest BCUT2D eigenvalue weighted by atomic mass is 9.95. The van der Waals surface area contributed by atoms with Crippen molar-refractivity contribution < 1.29 is 4.39 Å². The Morgan fingerprint density at radius 2 is 1.95 bits per heavy atom. The van der Waals surface area contributed by atoms with Gasteiger partial charge in [0.15, 0.2) is 0 Å². The zero-order valence-electron chi connectivity index (χ0n) is 10.3. The summed E-state index contributed by atoms with van der Waals surface area (Å²) in [6.07, 6.45) is 0. The molecule has 0 aliphatic rings. The molecule has 1 unspecified atom stereocenters. The van der Waals surface area contributed by atoms with Crippen LogP contribution in [0.2, 0.25) is 5.02 Å². The van der Waals surface area contributed by atoms with Crippen LogP contribution >= 0.6 is 27.5 Å². The zero-order chi connectivity index (χ0) is 14.0. The van der Waals surface area contributed by atoms with E-state index in [0.29, 0.717) is 10.6 Å². The Hall–Kier alpha value is -0.940. The van der Waals surface area contributed by atoms with Gasteiger partial charge in [-0.05, 0) is 53.9 Å².